The number of hydrogen-bond donors (Lipinski definition) is 2. The zero-order valence-corrected chi connectivity index (χ0v) is 14.1. The lowest BCUT2D eigenvalue weighted by Crippen LogP contribution is -2.40. The lowest BCUT2D eigenvalue weighted by molar-refractivity contribution is -0.132. The van der Waals surface area contributed by atoms with Gasteiger partial charge >= 0.3 is 0 Å². The van der Waals surface area contributed by atoms with Crippen LogP contribution in [0.3, 0.4) is 0 Å². The van der Waals surface area contributed by atoms with Crippen LogP contribution in [0.5, 0.6) is 0 Å². The van der Waals surface area contributed by atoms with Crippen LogP contribution in [0.4, 0.5) is 0 Å². The van der Waals surface area contributed by atoms with Crippen LogP contribution in [0.1, 0.15) is 42.8 Å². The molecule has 21 heavy (non-hydrogen) atoms. The van der Waals surface area contributed by atoms with E-state index in [2.05, 4.69) is 21.9 Å². The minimum absolute atomic E-state index is 0.145. The lowest BCUT2D eigenvalue weighted by atomic mass is 9.85. The number of hydrogen-bond acceptors (Lipinski definition) is 5. The van der Waals surface area contributed by atoms with Crippen molar-refractivity contribution in [2.24, 2.45) is 5.92 Å². The topological polar surface area (TPSA) is 62.2 Å². The van der Waals surface area contributed by atoms with Crippen LogP contribution in [-0.2, 0) is 17.0 Å². The second-order valence-electron chi connectivity index (χ2n) is 5.55. The first-order valence-electron chi connectivity index (χ1n) is 7.58. The van der Waals surface area contributed by atoms with E-state index in [4.69, 9.17) is 0 Å². The molecule has 1 amide bonds. The van der Waals surface area contributed by atoms with Gasteiger partial charge in [-0.15, -0.1) is 11.3 Å². The Bertz CT molecular complexity index is 445. The monoisotopic (exact) mass is 328 g/mol. The van der Waals surface area contributed by atoms with Crippen LogP contribution in [0.25, 0.3) is 0 Å². The molecule has 2 rings (SSSR count). The number of nitrogens with zero attached hydrogens (tertiary/aromatic N) is 1. The number of carbonyl (C=O) groups is 1. The zero-order chi connectivity index (χ0) is 15.1. The molecule has 6 heteroatoms. The second kappa shape index (κ2) is 8.76. The highest BCUT2D eigenvalue weighted by atomic mass is 32.2. The SMILES string of the molecule is CSCc1nc(CCNC(=O)[C@H](O)C2CCCCC2)cs1. The molecular weight excluding hydrogens is 304 g/mol. The molecule has 0 spiro atoms. The van der Waals surface area contributed by atoms with Gasteiger partial charge in [-0.3, -0.25) is 4.79 Å². The summed E-state index contributed by atoms with van der Waals surface area (Å²) in [6, 6.07) is 0. The fourth-order valence-electron chi connectivity index (χ4n) is 2.74. The number of rotatable bonds is 7. The van der Waals surface area contributed by atoms with E-state index in [-0.39, 0.29) is 11.8 Å². The average Bonchev–Trinajstić information content (AvgIpc) is 2.95. The van der Waals surface area contributed by atoms with Gasteiger partial charge in [0.2, 0.25) is 5.91 Å². The Morgan fingerprint density at radius 3 is 3.00 bits per heavy atom. The summed E-state index contributed by atoms with van der Waals surface area (Å²) in [4.78, 5) is 16.5. The molecule has 1 saturated carbocycles. The van der Waals surface area contributed by atoms with Crippen molar-refractivity contribution in [1.82, 2.24) is 10.3 Å². The quantitative estimate of drug-likeness (QED) is 0.808. The maximum atomic E-state index is 12.0. The minimum Gasteiger partial charge on any atom is -0.383 e. The molecule has 1 aromatic rings. The highest BCUT2D eigenvalue weighted by Crippen LogP contribution is 2.26. The van der Waals surface area contributed by atoms with Gasteiger partial charge in [0.15, 0.2) is 0 Å². The molecular formula is C15H24N2O2S2. The van der Waals surface area contributed by atoms with Crippen LogP contribution < -0.4 is 5.32 Å². The van der Waals surface area contributed by atoms with Gasteiger partial charge in [-0.05, 0) is 25.0 Å². The number of aromatic nitrogens is 1. The van der Waals surface area contributed by atoms with Crippen LogP contribution in [0.15, 0.2) is 5.38 Å². The summed E-state index contributed by atoms with van der Waals surface area (Å²) >= 11 is 3.43. The molecule has 1 fully saturated rings. The fraction of sp³-hybridized carbons (Fsp3) is 0.733. The van der Waals surface area contributed by atoms with E-state index >= 15 is 0 Å². The summed E-state index contributed by atoms with van der Waals surface area (Å²) in [5.41, 5.74) is 1.02. The Morgan fingerprint density at radius 1 is 1.52 bits per heavy atom. The van der Waals surface area contributed by atoms with Crippen LogP contribution in [0.2, 0.25) is 0 Å². The van der Waals surface area contributed by atoms with Crippen molar-refractivity contribution in [3.63, 3.8) is 0 Å². The number of aliphatic hydroxyl groups excluding tert-OH is 1. The van der Waals surface area contributed by atoms with Gasteiger partial charge in [0, 0.05) is 24.1 Å². The van der Waals surface area contributed by atoms with E-state index in [0.717, 1.165) is 48.6 Å². The molecule has 4 nitrogen and oxygen atoms in total. The predicted molar refractivity (Wildman–Crippen MR) is 88.6 cm³/mol. The maximum absolute atomic E-state index is 12.0. The van der Waals surface area contributed by atoms with Crippen molar-refractivity contribution in [3.8, 4) is 0 Å². The summed E-state index contributed by atoms with van der Waals surface area (Å²) in [5.74, 6) is 0.866. The van der Waals surface area contributed by atoms with Gasteiger partial charge in [0.25, 0.3) is 0 Å². The first-order chi connectivity index (χ1) is 10.2. The molecule has 1 atom stereocenters. The number of thioether (sulfide) groups is 1. The van der Waals surface area contributed by atoms with Gasteiger partial charge in [-0.1, -0.05) is 19.3 Å². The van der Waals surface area contributed by atoms with Crippen molar-refractivity contribution in [3.05, 3.63) is 16.1 Å². The van der Waals surface area contributed by atoms with Gasteiger partial charge < -0.3 is 10.4 Å². The molecule has 0 bridgehead atoms. The number of nitrogens with one attached hydrogen (secondary N) is 1. The highest BCUT2D eigenvalue weighted by Gasteiger charge is 2.27. The summed E-state index contributed by atoms with van der Waals surface area (Å²) in [7, 11) is 0. The highest BCUT2D eigenvalue weighted by molar-refractivity contribution is 7.97. The molecule has 1 aromatic heterocycles. The number of aliphatic hydroxyl groups is 1. The van der Waals surface area contributed by atoms with Crippen molar-refractivity contribution < 1.29 is 9.90 Å². The Labute approximate surface area is 134 Å². The van der Waals surface area contributed by atoms with Crippen molar-refractivity contribution >= 4 is 29.0 Å². The molecule has 0 aromatic carbocycles. The predicted octanol–water partition coefficient (Wildman–Crippen LogP) is 2.61. The van der Waals surface area contributed by atoms with E-state index in [1.54, 1.807) is 23.1 Å². The lowest BCUT2D eigenvalue weighted by Gasteiger charge is -2.25. The third-order valence-electron chi connectivity index (χ3n) is 3.91. The van der Waals surface area contributed by atoms with E-state index in [0.29, 0.717) is 6.54 Å². The van der Waals surface area contributed by atoms with Crippen molar-refractivity contribution in [2.75, 3.05) is 12.8 Å². The zero-order valence-electron chi connectivity index (χ0n) is 12.5. The molecule has 2 N–H and O–H groups in total. The minimum atomic E-state index is -0.840. The fourth-order valence-corrected chi connectivity index (χ4v) is 4.29. The van der Waals surface area contributed by atoms with E-state index < -0.39 is 6.10 Å². The molecule has 0 saturated heterocycles. The van der Waals surface area contributed by atoms with Gasteiger partial charge in [0.05, 0.1) is 5.69 Å². The van der Waals surface area contributed by atoms with Crippen LogP contribution >= 0.6 is 23.1 Å². The first kappa shape index (κ1) is 16.8. The molecule has 1 aliphatic rings. The van der Waals surface area contributed by atoms with Crippen LogP contribution in [-0.4, -0.2) is 34.9 Å². The number of amides is 1. The summed E-state index contributed by atoms with van der Waals surface area (Å²) < 4.78 is 0. The molecule has 0 radical (unpaired) electrons. The second-order valence-corrected chi connectivity index (χ2v) is 7.36. The Kier molecular flexibility index (Phi) is 6.99. The third kappa shape index (κ3) is 5.27. The average molecular weight is 329 g/mol. The van der Waals surface area contributed by atoms with Gasteiger partial charge in [-0.2, -0.15) is 11.8 Å². The van der Waals surface area contributed by atoms with Gasteiger partial charge in [-0.25, -0.2) is 4.98 Å². The molecule has 0 aliphatic heterocycles. The largest absolute Gasteiger partial charge is 0.383 e. The molecule has 1 heterocycles. The Balaban J connectivity index is 1.70. The Morgan fingerprint density at radius 2 is 2.29 bits per heavy atom. The molecule has 118 valence electrons. The summed E-state index contributed by atoms with van der Waals surface area (Å²) in [6.45, 7) is 0.547. The number of carbonyl (C=O) groups excluding carboxylic acids is 1. The van der Waals surface area contributed by atoms with Gasteiger partial charge in [0.1, 0.15) is 11.1 Å². The normalized spacial score (nSPS) is 17.6. The first-order valence-corrected chi connectivity index (χ1v) is 9.86. The van der Waals surface area contributed by atoms with E-state index in [1.807, 2.05) is 0 Å². The molecule has 1 aliphatic carbocycles. The summed E-state index contributed by atoms with van der Waals surface area (Å²) in [6.07, 6.45) is 7.39. The molecule has 0 unspecified atom stereocenters. The number of thiazole rings is 1. The Hall–Kier alpha value is -0.590. The standard InChI is InChI=1S/C15H24N2O2S2/c1-20-10-13-17-12(9-21-13)7-8-16-15(19)14(18)11-5-3-2-4-6-11/h9,11,14,18H,2-8,10H2,1H3,(H,16,19)/t14-/m1/s1. The smallest absolute Gasteiger partial charge is 0.249 e. The summed E-state index contributed by atoms with van der Waals surface area (Å²) in [5, 5.41) is 16.1. The van der Waals surface area contributed by atoms with Crippen LogP contribution in [0, 0.1) is 5.92 Å². The van der Waals surface area contributed by atoms with Crippen molar-refractivity contribution in [2.45, 2.75) is 50.4 Å². The van der Waals surface area contributed by atoms with E-state index in [9.17, 15) is 9.90 Å². The third-order valence-corrected chi connectivity index (χ3v) is 5.55. The van der Waals surface area contributed by atoms with Crippen molar-refractivity contribution in [1.29, 1.82) is 0 Å². The van der Waals surface area contributed by atoms with E-state index in [1.165, 1.54) is 6.42 Å². The maximum Gasteiger partial charge on any atom is 0.249 e.